The van der Waals surface area contributed by atoms with E-state index in [-0.39, 0.29) is 5.91 Å². The Labute approximate surface area is 170 Å². The summed E-state index contributed by atoms with van der Waals surface area (Å²) in [4.78, 5) is 17.4. The summed E-state index contributed by atoms with van der Waals surface area (Å²) in [6, 6.07) is 10.3. The Bertz CT molecular complexity index is 964. The van der Waals surface area contributed by atoms with Crippen LogP contribution in [0.2, 0.25) is 0 Å². The zero-order valence-corrected chi connectivity index (χ0v) is 17.0. The number of nitrogens with zero attached hydrogens (tertiary/aromatic N) is 5. The number of benzene rings is 1. The average Bonchev–Trinajstić information content (AvgIpc) is 3.33. The third-order valence-corrected chi connectivity index (χ3v) is 5.49. The molecule has 2 aromatic heterocycles. The van der Waals surface area contributed by atoms with Crippen LogP contribution in [0, 0.1) is 6.92 Å². The molecule has 0 aliphatic carbocycles. The van der Waals surface area contributed by atoms with Gasteiger partial charge < -0.3 is 9.42 Å². The molecule has 152 valence electrons. The third-order valence-electron chi connectivity index (χ3n) is 5.49. The highest BCUT2D eigenvalue weighted by Gasteiger charge is 2.26. The first-order valence-corrected chi connectivity index (χ1v) is 10.2. The monoisotopic (exact) mass is 393 g/mol. The zero-order chi connectivity index (χ0) is 20.2. The molecule has 1 aliphatic heterocycles. The first-order chi connectivity index (χ1) is 14.2. The van der Waals surface area contributed by atoms with Gasteiger partial charge in [0.2, 0.25) is 0 Å². The van der Waals surface area contributed by atoms with Gasteiger partial charge in [0.1, 0.15) is 11.3 Å². The van der Waals surface area contributed by atoms with E-state index in [4.69, 9.17) is 4.52 Å². The second-order valence-corrected chi connectivity index (χ2v) is 7.42. The molecule has 7 heteroatoms. The Kier molecular flexibility index (Phi) is 5.76. The minimum atomic E-state index is 0.0411. The van der Waals surface area contributed by atoms with Gasteiger partial charge >= 0.3 is 0 Å². The fourth-order valence-electron chi connectivity index (χ4n) is 3.94. The molecule has 4 rings (SSSR count). The van der Waals surface area contributed by atoms with Crippen molar-refractivity contribution < 1.29 is 9.32 Å². The fourth-order valence-corrected chi connectivity index (χ4v) is 3.94. The lowest BCUT2D eigenvalue weighted by Crippen LogP contribution is -2.35. The van der Waals surface area contributed by atoms with E-state index >= 15 is 0 Å². The van der Waals surface area contributed by atoms with Gasteiger partial charge in [-0.2, -0.15) is 5.10 Å². The van der Waals surface area contributed by atoms with Gasteiger partial charge in [-0.15, -0.1) is 0 Å². The molecule has 0 radical (unpaired) electrons. The van der Waals surface area contributed by atoms with Gasteiger partial charge in [-0.3, -0.25) is 9.69 Å². The molecule has 0 N–H and O–H groups in total. The van der Waals surface area contributed by atoms with Gasteiger partial charge in [0.05, 0.1) is 11.4 Å². The summed E-state index contributed by atoms with van der Waals surface area (Å²) in [7, 11) is 0. The van der Waals surface area contributed by atoms with Crippen LogP contribution in [0.5, 0.6) is 0 Å². The third kappa shape index (κ3) is 4.10. The van der Waals surface area contributed by atoms with E-state index in [2.05, 4.69) is 33.4 Å². The summed E-state index contributed by atoms with van der Waals surface area (Å²) < 4.78 is 7.17. The van der Waals surface area contributed by atoms with Gasteiger partial charge in [0.15, 0.2) is 0 Å². The molecule has 0 bridgehead atoms. The minimum absolute atomic E-state index is 0.0411. The SMILES string of the molecule is CCc1noc(C)c1C(=O)N1CCCN(Cc2ccccc2-n2cccn2)CC1. The first-order valence-electron chi connectivity index (χ1n) is 10.2. The zero-order valence-electron chi connectivity index (χ0n) is 17.0. The summed E-state index contributed by atoms with van der Waals surface area (Å²) in [6.07, 6.45) is 5.40. The topological polar surface area (TPSA) is 67.4 Å². The maximum atomic E-state index is 13.1. The van der Waals surface area contributed by atoms with Crippen LogP contribution in [0.4, 0.5) is 0 Å². The second kappa shape index (κ2) is 8.61. The normalized spacial score (nSPS) is 15.4. The van der Waals surface area contributed by atoms with Crippen molar-refractivity contribution in [1.82, 2.24) is 24.7 Å². The van der Waals surface area contributed by atoms with E-state index in [1.807, 2.05) is 41.8 Å². The molecule has 0 unspecified atom stereocenters. The summed E-state index contributed by atoms with van der Waals surface area (Å²) >= 11 is 0. The molecule has 3 aromatic rings. The predicted octanol–water partition coefficient (Wildman–Crippen LogP) is 3.08. The molecule has 29 heavy (non-hydrogen) atoms. The largest absolute Gasteiger partial charge is 0.361 e. The highest BCUT2D eigenvalue weighted by atomic mass is 16.5. The molecule has 0 atom stereocenters. The van der Waals surface area contributed by atoms with E-state index < -0.39 is 0 Å². The van der Waals surface area contributed by atoms with Crippen LogP contribution in [-0.2, 0) is 13.0 Å². The van der Waals surface area contributed by atoms with Crippen molar-refractivity contribution in [3.63, 3.8) is 0 Å². The number of aromatic nitrogens is 3. The van der Waals surface area contributed by atoms with E-state index in [1.165, 1.54) is 5.56 Å². The summed E-state index contributed by atoms with van der Waals surface area (Å²) in [6.45, 7) is 7.90. The number of carbonyl (C=O) groups excluding carboxylic acids is 1. The van der Waals surface area contributed by atoms with E-state index in [0.29, 0.717) is 24.3 Å². The molecule has 1 amide bonds. The number of aryl methyl sites for hydroxylation is 2. The molecule has 3 heterocycles. The molecule has 1 fully saturated rings. The Morgan fingerprint density at radius 3 is 2.79 bits per heavy atom. The van der Waals surface area contributed by atoms with Crippen molar-refractivity contribution in [2.75, 3.05) is 26.2 Å². The van der Waals surface area contributed by atoms with Gasteiger partial charge in [0, 0.05) is 45.1 Å². The molecule has 1 aliphatic rings. The Morgan fingerprint density at radius 2 is 2.00 bits per heavy atom. The molecule has 0 spiro atoms. The quantitative estimate of drug-likeness (QED) is 0.666. The van der Waals surface area contributed by atoms with Crippen LogP contribution >= 0.6 is 0 Å². The number of carbonyl (C=O) groups is 1. The lowest BCUT2D eigenvalue weighted by molar-refractivity contribution is 0.0758. The Morgan fingerprint density at radius 1 is 1.14 bits per heavy atom. The average molecular weight is 393 g/mol. The maximum Gasteiger partial charge on any atom is 0.259 e. The lowest BCUT2D eigenvalue weighted by Gasteiger charge is -2.23. The second-order valence-electron chi connectivity index (χ2n) is 7.42. The standard InChI is InChI=1S/C22H27N5O2/c1-3-19-21(17(2)29-24-19)22(28)26-12-7-11-25(14-15-26)16-18-8-4-5-9-20(18)27-13-6-10-23-27/h4-6,8-10,13H,3,7,11-12,14-16H2,1-2H3. The van der Waals surface area contributed by atoms with Gasteiger partial charge in [0.25, 0.3) is 5.91 Å². The van der Waals surface area contributed by atoms with Crippen molar-refractivity contribution in [1.29, 1.82) is 0 Å². The summed E-state index contributed by atoms with van der Waals surface area (Å²) in [5.74, 6) is 0.653. The van der Waals surface area contributed by atoms with Gasteiger partial charge in [-0.25, -0.2) is 4.68 Å². The van der Waals surface area contributed by atoms with E-state index in [9.17, 15) is 4.79 Å². The van der Waals surface area contributed by atoms with Crippen LogP contribution in [0.1, 0.15) is 40.7 Å². The molecular formula is C22H27N5O2. The number of hydrogen-bond donors (Lipinski definition) is 0. The molecule has 7 nitrogen and oxygen atoms in total. The van der Waals surface area contributed by atoms with Crippen molar-refractivity contribution >= 4 is 5.91 Å². The highest BCUT2D eigenvalue weighted by Crippen LogP contribution is 2.20. The van der Waals surface area contributed by atoms with Crippen molar-refractivity contribution in [2.24, 2.45) is 0 Å². The van der Waals surface area contributed by atoms with Crippen LogP contribution in [0.15, 0.2) is 47.2 Å². The van der Waals surface area contributed by atoms with Crippen LogP contribution in [-0.4, -0.2) is 56.8 Å². The highest BCUT2D eigenvalue weighted by molar-refractivity contribution is 5.96. The maximum absolute atomic E-state index is 13.1. The smallest absolute Gasteiger partial charge is 0.259 e. The number of amides is 1. The van der Waals surface area contributed by atoms with Crippen molar-refractivity contribution in [3.05, 3.63) is 65.3 Å². The number of hydrogen-bond acceptors (Lipinski definition) is 5. The van der Waals surface area contributed by atoms with Crippen molar-refractivity contribution in [3.8, 4) is 5.69 Å². The molecule has 1 saturated heterocycles. The lowest BCUT2D eigenvalue weighted by atomic mass is 10.1. The molecular weight excluding hydrogens is 366 g/mol. The van der Waals surface area contributed by atoms with Crippen molar-refractivity contribution in [2.45, 2.75) is 33.2 Å². The van der Waals surface area contributed by atoms with E-state index in [1.54, 1.807) is 6.20 Å². The van der Waals surface area contributed by atoms with Crippen LogP contribution < -0.4 is 0 Å². The molecule has 0 saturated carbocycles. The van der Waals surface area contributed by atoms with Crippen LogP contribution in [0.3, 0.4) is 0 Å². The number of rotatable bonds is 5. The van der Waals surface area contributed by atoms with Gasteiger partial charge in [-0.1, -0.05) is 30.3 Å². The first kappa shape index (κ1) is 19.4. The number of para-hydroxylation sites is 1. The Hall–Kier alpha value is -2.93. The summed E-state index contributed by atoms with van der Waals surface area (Å²) in [5, 5.41) is 8.41. The summed E-state index contributed by atoms with van der Waals surface area (Å²) in [5.41, 5.74) is 3.73. The molecule has 1 aromatic carbocycles. The van der Waals surface area contributed by atoms with E-state index in [0.717, 1.165) is 44.0 Å². The Balaban J connectivity index is 1.45. The van der Waals surface area contributed by atoms with Crippen LogP contribution in [0.25, 0.3) is 5.69 Å². The minimum Gasteiger partial charge on any atom is -0.361 e. The van der Waals surface area contributed by atoms with Gasteiger partial charge in [-0.05, 0) is 37.5 Å². The predicted molar refractivity (Wildman–Crippen MR) is 110 cm³/mol. The fraction of sp³-hybridized carbons (Fsp3) is 0.409.